The normalized spacial score (nSPS) is 17.0. The Morgan fingerprint density at radius 3 is 2.42 bits per heavy atom. The number of benzene rings is 1. The van der Waals surface area contributed by atoms with Crippen molar-refractivity contribution >= 4 is 29.9 Å². The van der Waals surface area contributed by atoms with E-state index in [1.165, 1.54) is 5.56 Å². The second-order valence-electron chi connectivity index (χ2n) is 8.71. The SMILES string of the molecule is CCNC(=NCC1(c2ccc(OC)cc2)CCOCC1)NCC(CCO)CC(C)C.I. The summed E-state index contributed by atoms with van der Waals surface area (Å²) in [5.41, 5.74) is 1.28. The molecule has 0 spiro atoms. The summed E-state index contributed by atoms with van der Waals surface area (Å²) in [6.07, 6.45) is 3.84. The van der Waals surface area contributed by atoms with Gasteiger partial charge in [-0.05, 0) is 62.1 Å². The number of aliphatic hydroxyl groups excluding tert-OH is 1. The fourth-order valence-electron chi connectivity index (χ4n) is 4.21. The van der Waals surface area contributed by atoms with Crippen molar-refractivity contribution in [2.75, 3.05) is 46.6 Å². The topological polar surface area (TPSA) is 75.1 Å². The Labute approximate surface area is 205 Å². The zero-order valence-corrected chi connectivity index (χ0v) is 22.0. The predicted octanol–water partition coefficient (Wildman–Crippen LogP) is 3.96. The lowest BCUT2D eigenvalue weighted by Gasteiger charge is -2.36. The van der Waals surface area contributed by atoms with E-state index in [1.54, 1.807) is 7.11 Å². The van der Waals surface area contributed by atoms with Gasteiger partial charge in [0.05, 0.1) is 13.7 Å². The van der Waals surface area contributed by atoms with Crippen LogP contribution in [0.25, 0.3) is 0 Å². The van der Waals surface area contributed by atoms with Gasteiger partial charge in [0.15, 0.2) is 5.96 Å². The molecular weight excluding hydrogens is 505 g/mol. The van der Waals surface area contributed by atoms with Gasteiger partial charge in [-0.25, -0.2) is 0 Å². The molecule has 7 heteroatoms. The van der Waals surface area contributed by atoms with E-state index in [0.717, 1.165) is 63.7 Å². The quantitative estimate of drug-likeness (QED) is 0.222. The van der Waals surface area contributed by atoms with Crippen LogP contribution in [-0.2, 0) is 10.2 Å². The van der Waals surface area contributed by atoms with Crippen molar-refractivity contribution in [3.8, 4) is 5.75 Å². The van der Waals surface area contributed by atoms with Crippen LogP contribution in [0, 0.1) is 11.8 Å². The lowest BCUT2D eigenvalue weighted by molar-refractivity contribution is 0.0531. The molecule has 1 fully saturated rings. The average molecular weight is 548 g/mol. The summed E-state index contributed by atoms with van der Waals surface area (Å²) in [5, 5.41) is 16.3. The van der Waals surface area contributed by atoms with Gasteiger partial charge < -0.3 is 25.2 Å². The molecule has 0 aromatic heterocycles. The first-order valence-electron chi connectivity index (χ1n) is 11.4. The molecule has 31 heavy (non-hydrogen) atoms. The molecule has 1 unspecified atom stereocenters. The summed E-state index contributed by atoms with van der Waals surface area (Å²) in [5.74, 6) is 2.78. The first-order chi connectivity index (χ1) is 14.5. The Morgan fingerprint density at radius 1 is 1.19 bits per heavy atom. The Kier molecular flexibility index (Phi) is 13.4. The predicted molar refractivity (Wildman–Crippen MR) is 139 cm³/mol. The number of hydrogen-bond acceptors (Lipinski definition) is 4. The van der Waals surface area contributed by atoms with E-state index in [1.807, 2.05) is 12.1 Å². The van der Waals surface area contributed by atoms with Crippen LogP contribution < -0.4 is 15.4 Å². The van der Waals surface area contributed by atoms with Crippen molar-refractivity contribution in [2.45, 2.75) is 51.9 Å². The summed E-state index contributed by atoms with van der Waals surface area (Å²) >= 11 is 0. The largest absolute Gasteiger partial charge is 0.497 e. The number of hydrogen-bond donors (Lipinski definition) is 3. The van der Waals surface area contributed by atoms with Gasteiger partial charge in [-0.3, -0.25) is 4.99 Å². The van der Waals surface area contributed by atoms with Crippen LogP contribution in [0.2, 0.25) is 0 Å². The van der Waals surface area contributed by atoms with Crippen LogP contribution in [-0.4, -0.2) is 57.6 Å². The lowest BCUT2D eigenvalue weighted by atomic mass is 9.74. The van der Waals surface area contributed by atoms with Crippen LogP contribution >= 0.6 is 24.0 Å². The first kappa shape index (κ1) is 28.0. The van der Waals surface area contributed by atoms with E-state index in [2.05, 4.69) is 43.5 Å². The van der Waals surface area contributed by atoms with Crippen molar-refractivity contribution in [1.82, 2.24) is 10.6 Å². The molecule has 0 amide bonds. The van der Waals surface area contributed by atoms with Gasteiger partial charge in [0.2, 0.25) is 0 Å². The molecule has 0 bridgehead atoms. The van der Waals surface area contributed by atoms with Crippen molar-refractivity contribution in [3.05, 3.63) is 29.8 Å². The second-order valence-corrected chi connectivity index (χ2v) is 8.71. The molecule has 1 aliphatic rings. The van der Waals surface area contributed by atoms with E-state index in [9.17, 15) is 5.11 Å². The number of ether oxygens (including phenoxy) is 2. The van der Waals surface area contributed by atoms with Crippen LogP contribution in [0.3, 0.4) is 0 Å². The summed E-state index contributed by atoms with van der Waals surface area (Å²) in [4.78, 5) is 4.98. The number of aliphatic imine (C=N–C) groups is 1. The highest BCUT2D eigenvalue weighted by Crippen LogP contribution is 2.36. The monoisotopic (exact) mass is 547 g/mol. The molecule has 3 N–H and O–H groups in total. The molecule has 0 saturated carbocycles. The number of rotatable bonds is 11. The standard InChI is InChI=1S/C24H41N3O3.HI/c1-5-25-23(26-17-20(10-13-28)16-19(2)3)27-18-24(11-14-30-15-12-24)21-6-8-22(29-4)9-7-21;/h6-9,19-20,28H,5,10-18H2,1-4H3,(H2,25,26,27);1H. The van der Waals surface area contributed by atoms with Crippen molar-refractivity contribution in [1.29, 1.82) is 0 Å². The molecule has 1 aromatic rings. The zero-order chi connectivity index (χ0) is 21.8. The Bertz CT molecular complexity index is 631. The molecule has 1 heterocycles. The maximum Gasteiger partial charge on any atom is 0.191 e. The summed E-state index contributed by atoms with van der Waals surface area (Å²) in [7, 11) is 1.70. The minimum Gasteiger partial charge on any atom is -0.497 e. The highest BCUT2D eigenvalue weighted by Gasteiger charge is 2.34. The lowest BCUT2D eigenvalue weighted by Crippen LogP contribution is -2.42. The van der Waals surface area contributed by atoms with Crippen molar-refractivity contribution < 1.29 is 14.6 Å². The maximum absolute atomic E-state index is 9.39. The third-order valence-corrected chi connectivity index (χ3v) is 5.94. The van der Waals surface area contributed by atoms with Crippen LogP contribution in [0.5, 0.6) is 5.75 Å². The summed E-state index contributed by atoms with van der Waals surface area (Å²) in [6.45, 7) is 10.7. The van der Waals surface area contributed by atoms with Gasteiger partial charge >= 0.3 is 0 Å². The Morgan fingerprint density at radius 2 is 1.87 bits per heavy atom. The minimum absolute atomic E-state index is 0. The molecule has 0 aliphatic carbocycles. The van der Waals surface area contributed by atoms with Crippen LogP contribution in [0.15, 0.2) is 29.3 Å². The fourth-order valence-corrected chi connectivity index (χ4v) is 4.21. The van der Waals surface area contributed by atoms with E-state index < -0.39 is 0 Å². The molecule has 6 nitrogen and oxygen atoms in total. The molecule has 1 saturated heterocycles. The van der Waals surface area contributed by atoms with Crippen LogP contribution in [0.4, 0.5) is 0 Å². The summed E-state index contributed by atoms with van der Waals surface area (Å²) in [6, 6.07) is 8.40. The maximum atomic E-state index is 9.39. The molecule has 178 valence electrons. The Balaban J connectivity index is 0.00000480. The van der Waals surface area contributed by atoms with Gasteiger partial charge in [0, 0.05) is 38.3 Å². The van der Waals surface area contributed by atoms with Gasteiger partial charge in [-0.1, -0.05) is 26.0 Å². The fraction of sp³-hybridized carbons (Fsp3) is 0.708. The van der Waals surface area contributed by atoms with Crippen molar-refractivity contribution in [3.63, 3.8) is 0 Å². The number of nitrogens with one attached hydrogen (secondary N) is 2. The highest BCUT2D eigenvalue weighted by molar-refractivity contribution is 14.0. The highest BCUT2D eigenvalue weighted by atomic mass is 127. The van der Waals surface area contributed by atoms with E-state index in [4.69, 9.17) is 14.5 Å². The van der Waals surface area contributed by atoms with E-state index >= 15 is 0 Å². The first-order valence-corrected chi connectivity index (χ1v) is 11.4. The smallest absolute Gasteiger partial charge is 0.191 e. The summed E-state index contributed by atoms with van der Waals surface area (Å²) < 4.78 is 11.0. The van der Waals surface area contributed by atoms with Gasteiger partial charge in [0.25, 0.3) is 0 Å². The van der Waals surface area contributed by atoms with Crippen molar-refractivity contribution in [2.24, 2.45) is 16.8 Å². The number of guanidine groups is 1. The number of methoxy groups -OCH3 is 1. The zero-order valence-electron chi connectivity index (χ0n) is 19.7. The average Bonchev–Trinajstić information content (AvgIpc) is 2.76. The third kappa shape index (κ3) is 9.14. The number of halogens is 1. The molecule has 2 rings (SSSR count). The van der Waals surface area contributed by atoms with E-state index in [0.29, 0.717) is 18.4 Å². The molecule has 1 aromatic carbocycles. The molecular formula is C24H42IN3O3. The Hall–Kier alpha value is -1.06. The molecule has 1 atom stereocenters. The van der Waals surface area contributed by atoms with Gasteiger partial charge in [-0.15, -0.1) is 24.0 Å². The van der Waals surface area contributed by atoms with Crippen LogP contribution in [0.1, 0.15) is 52.0 Å². The third-order valence-electron chi connectivity index (χ3n) is 5.94. The number of nitrogens with zero attached hydrogens (tertiary/aromatic N) is 1. The van der Waals surface area contributed by atoms with Gasteiger partial charge in [0.1, 0.15) is 5.75 Å². The number of aliphatic hydroxyl groups is 1. The molecule has 0 radical (unpaired) electrons. The van der Waals surface area contributed by atoms with E-state index in [-0.39, 0.29) is 36.0 Å². The minimum atomic E-state index is -0.0185. The molecule has 1 aliphatic heterocycles. The second kappa shape index (κ2) is 14.9. The van der Waals surface area contributed by atoms with Gasteiger partial charge in [-0.2, -0.15) is 0 Å².